The fourth-order valence-corrected chi connectivity index (χ4v) is 4.08. The summed E-state index contributed by atoms with van der Waals surface area (Å²) in [6.45, 7) is 7.80. The summed E-state index contributed by atoms with van der Waals surface area (Å²) in [6.07, 6.45) is 2.11. The van der Waals surface area contributed by atoms with E-state index in [9.17, 15) is 4.79 Å². The van der Waals surface area contributed by atoms with Crippen LogP contribution in [0.3, 0.4) is 0 Å². The Morgan fingerprint density at radius 1 is 1.57 bits per heavy atom. The lowest BCUT2D eigenvalue weighted by Crippen LogP contribution is -2.43. The second kappa shape index (κ2) is 5.71. The molecular formula is C16H24N2O2S. The van der Waals surface area contributed by atoms with Crippen molar-refractivity contribution in [3.05, 3.63) is 22.4 Å². The van der Waals surface area contributed by atoms with Crippen molar-refractivity contribution in [2.24, 2.45) is 5.92 Å². The number of hydrogen-bond acceptors (Lipinski definition) is 4. The molecule has 0 aliphatic carbocycles. The average molecular weight is 308 g/mol. The minimum absolute atomic E-state index is 0.00840. The maximum absolute atomic E-state index is 12.8. The summed E-state index contributed by atoms with van der Waals surface area (Å²) in [7, 11) is 0. The molecule has 0 spiro atoms. The average Bonchev–Trinajstić information content (AvgIpc) is 3.13. The summed E-state index contributed by atoms with van der Waals surface area (Å²) in [6, 6.07) is 4.05. The van der Waals surface area contributed by atoms with Gasteiger partial charge in [0, 0.05) is 11.5 Å². The van der Waals surface area contributed by atoms with Gasteiger partial charge in [0.15, 0.2) is 0 Å². The van der Waals surface area contributed by atoms with Crippen LogP contribution >= 0.6 is 11.3 Å². The Labute approximate surface area is 130 Å². The van der Waals surface area contributed by atoms with Gasteiger partial charge in [-0.2, -0.15) is 0 Å². The van der Waals surface area contributed by atoms with Gasteiger partial charge < -0.3 is 9.64 Å². The van der Waals surface area contributed by atoms with Crippen molar-refractivity contribution in [1.29, 1.82) is 0 Å². The number of rotatable bonds is 4. The number of carbonyl (C=O) groups is 1. The Hall–Kier alpha value is -0.910. The van der Waals surface area contributed by atoms with Crippen LogP contribution in [0.2, 0.25) is 0 Å². The van der Waals surface area contributed by atoms with Gasteiger partial charge >= 0.3 is 0 Å². The molecule has 116 valence electrons. The summed E-state index contributed by atoms with van der Waals surface area (Å²) in [4.78, 5) is 16.0. The van der Waals surface area contributed by atoms with Gasteiger partial charge in [0.05, 0.1) is 18.2 Å². The molecule has 3 unspecified atom stereocenters. The molecule has 0 radical (unpaired) electrons. The smallest absolute Gasteiger partial charge is 0.241 e. The van der Waals surface area contributed by atoms with Gasteiger partial charge in [-0.25, -0.2) is 0 Å². The van der Waals surface area contributed by atoms with E-state index in [0.717, 1.165) is 19.4 Å². The third-order valence-electron chi connectivity index (χ3n) is 4.48. The minimum atomic E-state index is -0.196. The molecule has 1 amide bonds. The third kappa shape index (κ3) is 2.87. The molecule has 1 aromatic heterocycles. The first-order chi connectivity index (χ1) is 10.0. The number of carbonyl (C=O) groups excluding carboxylic acids is 1. The standard InChI is InChI=1S/C16H24N2O2S/c1-11(2)13-15(19)18(10-16(3)7-5-8-20-16)14(17-13)12-6-4-9-21-12/h4,6,9,11,13-14,17H,5,7-8,10H2,1-3H3. The first kappa shape index (κ1) is 15.0. The van der Waals surface area contributed by atoms with E-state index in [0.29, 0.717) is 12.5 Å². The highest BCUT2D eigenvalue weighted by Crippen LogP contribution is 2.35. The van der Waals surface area contributed by atoms with Gasteiger partial charge in [-0.05, 0) is 37.1 Å². The number of nitrogens with zero attached hydrogens (tertiary/aromatic N) is 1. The van der Waals surface area contributed by atoms with Gasteiger partial charge in [-0.15, -0.1) is 11.3 Å². The van der Waals surface area contributed by atoms with Crippen LogP contribution in [0.5, 0.6) is 0 Å². The van der Waals surface area contributed by atoms with Crippen LogP contribution in [0.15, 0.2) is 17.5 Å². The van der Waals surface area contributed by atoms with Crippen molar-refractivity contribution in [2.75, 3.05) is 13.2 Å². The molecule has 3 atom stereocenters. The van der Waals surface area contributed by atoms with E-state index in [-0.39, 0.29) is 23.7 Å². The maximum atomic E-state index is 12.8. The lowest BCUT2D eigenvalue weighted by molar-refractivity contribution is -0.134. The zero-order valence-corrected chi connectivity index (χ0v) is 13.8. The molecular weight excluding hydrogens is 284 g/mol. The quantitative estimate of drug-likeness (QED) is 0.930. The predicted octanol–water partition coefficient (Wildman–Crippen LogP) is 2.77. The van der Waals surface area contributed by atoms with Crippen LogP contribution < -0.4 is 5.32 Å². The summed E-state index contributed by atoms with van der Waals surface area (Å²) in [5, 5.41) is 5.58. The highest BCUT2D eigenvalue weighted by molar-refractivity contribution is 7.10. The predicted molar refractivity (Wildman–Crippen MR) is 84.1 cm³/mol. The van der Waals surface area contributed by atoms with E-state index in [2.05, 4.69) is 37.5 Å². The van der Waals surface area contributed by atoms with Crippen LogP contribution in [0.25, 0.3) is 0 Å². The molecule has 3 rings (SSSR count). The second-order valence-corrected chi connectivity index (χ2v) is 7.65. The SMILES string of the molecule is CC(C)C1NC(c2cccs2)N(CC2(C)CCCO2)C1=O. The topological polar surface area (TPSA) is 41.6 Å². The van der Waals surface area contributed by atoms with Crippen LogP contribution in [0.4, 0.5) is 0 Å². The number of ether oxygens (including phenoxy) is 1. The van der Waals surface area contributed by atoms with Crippen LogP contribution in [0.1, 0.15) is 44.7 Å². The van der Waals surface area contributed by atoms with E-state index < -0.39 is 0 Å². The first-order valence-electron chi connectivity index (χ1n) is 7.74. The minimum Gasteiger partial charge on any atom is -0.373 e. The molecule has 21 heavy (non-hydrogen) atoms. The van der Waals surface area contributed by atoms with Gasteiger partial charge in [0.25, 0.3) is 0 Å². The number of nitrogens with one attached hydrogen (secondary N) is 1. The molecule has 0 bridgehead atoms. The van der Waals surface area contributed by atoms with Crippen LogP contribution in [-0.2, 0) is 9.53 Å². The molecule has 2 aliphatic heterocycles. The monoisotopic (exact) mass is 308 g/mol. The highest BCUT2D eigenvalue weighted by atomic mass is 32.1. The number of thiophene rings is 1. The molecule has 2 aliphatic rings. The van der Waals surface area contributed by atoms with E-state index in [1.165, 1.54) is 4.88 Å². The van der Waals surface area contributed by atoms with Gasteiger partial charge in [0.2, 0.25) is 5.91 Å². The van der Waals surface area contributed by atoms with Crippen molar-refractivity contribution < 1.29 is 9.53 Å². The lowest BCUT2D eigenvalue weighted by Gasteiger charge is -2.32. The molecule has 4 nitrogen and oxygen atoms in total. The first-order valence-corrected chi connectivity index (χ1v) is 8.62. The zero-order chi connectivity index (χ0) is 15.0. The lowest BCUT2D eigenvalue weighted by atomic mass is 10.0. The van der Waals surface area contributed by atoms with E-state index in [1.807, 2.05) is 11.0 Å². The molecule has 1 N–H and O–H groups in total. The number of amides is 1. The summed E-state index contributed by atoms with van der Waals surface area (Å²) < 4.78 is 5.89. The summed E-state index contributed by atoms with van der Waals surface area (Å²) in [5.74, 6) is 0.502. The Morgan fingerprint density at radius 3 is 2.95 bits per heavy atom. The molecule has 0 aromatic carbocycles. The molecule has 3 heterocycles. The van der Waals surface area contributed by atoms with Crippen molar-refractivity contribution in [3.63, 3.8) is 0 Å². The Kier molecular flexibility index (Phi) is 4.08. The maximum Gasteiger partial charge on any atom is 0.241 e. The Balaban J connectivity index is 1.84. The Morgan fingerprint density at radius 2 is 2.38 bits per heavy atom. The van der Waals surface area contributed by atoms with Crippen molar-refractivity contribution in [3.8, 4) is 0 Å². The van der Waals surface area contributed by atoms with E-state index in [1.54, 1.807) is 11.3 Å². The molecule has 2 fully saturated rings. The molecule has 5 heteroatoms. The fourth-order valence-electron chi connectivity index (χ4n) is 3.29. The second-order valence-electron chi connectivity index (χ2n) is 6.67. The van der Waals surface area contributed by atoms with Crippen molar-refractivity contribution >= 4 is 17.2 Å². The molecule has 2 saturated heterocycles. The molecule has 1 aromatic rings. The van der Waals surface area contributed by atoms with Crippen molar-refractivity contribution in [2.45, 2.75) is 51.4 Å². The third-order valence-corrected chi connectivity index (χ3v) is 5.41. The normalized spacial score (nSPS) is 33.3. The van der Waals surface area contributed by atoms with Gasteiger partial charge in [0.1, 0.15) is 6.17 Å². The van der Waals surface area contributed by atoms with Crippen LogP contribution in [0, 0.1) is 5.92 Å². The van der Waals surface area contributed by atoms with Crippen LogP contribution in [-0.4, -0.2) is 35.6 Å². The Bertz CT molecular complexity index is 494. The van der Waals surface area contributed by atoms with Gasteiger partial charge in [-0.1, -0.05) is 19.9 Å². The highest BCUT2D eigenvalue weighted by Gasteiger charge is 2.45. The molecule has 0 saturated carbocycles. The number of hydrogen-bond donors (Lipinski definition) is 1. The van der Waals surface area contributed by atoms with E-state index >= 15 is 0 Å². The van der Waals surface area contributed by atoms with Gasteiger partial charge in [-0.3, -0.25) is 10.1 Å². The fraction of sp³-hybridized carbons (Fsp3) is 0.688. The summed E-state index contributed by atoms with van der Waals surface area (Å²) >= 11 is 1.70. The summed E-state index contributed by atoms with van der Waals surface area (Å²) in [5.41, 5.74) is -0.196. The zero-order valence-electron chi connectivity index (χ0n) is 13.0. The largest absolute Gasteiger partial charge is 0.373 e. The van der Waals surface area contributed by atoms with Crippen molar-refractivity contribution in [1.82, 2.24) is 10.2 Å². The van der Waals surface area contributed by atoms with E-state index in [4.69, 9.17) is 4.74 Å².